The Labute approximate surface area is 77.7 Å². The van der Waals surface area contributed by atoms with Crippen molar-refractivity contribution in [3.8, 4) is 0 Å². The Morgan fingerprint density at radius 1 is 1.58 bits per heavy atom. The number of halogens is 1. The molecule has 1 heterocycles. The molecule has 1 saturated heterocycles. The fourth-order valence-electron chi connectivity index (χ4n) is 1.40. The fourth-order valence-corrected chi connectivity index (χ4v) is 1.40. The first-order valence-electron chi connectivity index (χ1n) is 3.74. The van der Waals surface area contributed by atoms with Crippen LogP contribution in [0.5, 0.6) is 0 Å². The quantitative estimate of drug-likeness (QED) is 0.662. The van der Waals surface area contributed by atoms with E-state index in [0.717, 1.165) is 6.42 Å². The zero-order chi connectivity index (χ0) is 8.43. The first-order valence-corrected chi connectivity index (χ1v) is 3.74. The first kappa shape index (κ1) is 11.5. The molecule has 3 atom stereocenters. The van der Waals surface area contributed by atoms with Gasteiger partial charge in [-0.25, -0.2) is 4.79 Å². The minimum atomic E-state index is -0.973. The third-order valence-electron chi connectivity index (χ3n) is 1.91. The lowest BCUT2D eigenvalue weighted by Crippen LogP contribution is -2.38. The lowest BCUT2D eigenvalue weighted by atomic mass is 10.1. The second kappa shape index (κ2) is 4.52. The largest absolute Gasteiger partial charge is 0.465 e. The van der Waals surface area contributed by atoms with Gasteiger partial charge in [0.15, 0.2) is 0 Å². The molecule has 0 radical (unpaired) electrons. The van der Waals surface area contributed by atoms with Gasteiger partial charge in [0.25, 0.3) is 0 Å². The van der Waals surface area contributed by atoms with Crippen molar-refractivity contribution in [2.24, 2.45) is 0 Å². The van der Waals surface area contributed by atoms with Gasteiger partial charge in [-0.3, -0.25) is 0 Å². The molecule has 0 bridgehead atoms. The van der Waals surface area contributed by atoms with Crippen LogP contribution in [0.25, 0.3) is 0 Å². The Hall–Kier alpha value is -0.480. The molecule has 4 nitrogen and oxygen atoms in total. The second-order valence-corrected chi connectivity index (χ2v) is 2.94. The third-order valence-corrected chi connectivity index (χ3v) is 1.91. The summed E-state index contributed by atoms with van der Waals surface area (Å²) in [7, 11) is 0. The average Bonchev–Trinajstić information content (AvgIpc) is 2.09. The van der Waals surface area contributed by atoms with Crippen LogP contribution in [-0.2, 0) is 4.74 Å². The predicted molar refractivity (Wildman–Crippen MR) is 46.8 cm³/mol. The molecule has 12 heavy (non-hydrogen) atoms. The van der Waals surface area contributed by atoms with E-state index < -0.39 is 6.09 Å². The summed E-state index contributed by atoms with van der Waals surface area (Å²) in [5.74, 6) is 0. The summed E-state index contributed by atoms with van der Waals surface area (Å²) in [4.78, 5) is 10.2. The number of ether oxygens (including phenoxy) is 1. The molecule has 72 valence electrons. The Balaban J connectivity index is 0.00000121. The molecular formula is C7H14ClNO3. The van der Waals surface area contributed by atoms with Crippen molar-refractivity contribution in [1.29, 1.82) is 0 Å². The number of carboxylic acid groups (broad SMARTS) is 1. The highest BCUT2D eigenvalue weighted by Crippen LogP contribution is 2.19. The van der Waals surface area contributed by atoms with Crippen molar-refractivity contribution in [2.45, 2.75) is 38.5 Å². The minimum absolute atomic E-state index is 0. The van der Waals surface area contributed by atoms with Crippen LogP contribution in [-0.4, -0.2) is 29.4 Å². The molecular weight excluding hydrogens is 182 g/mol. The van der Waals surface area contributed by atoms with E-state index in [2.05, 4.69) is 5.32 Å². The highest BCUT2D eigenvalue weighted by atomic mass is 35.5. The Morgan fingerprint density at radius 3 is 2.50 bits per heavy atom. The van der Waals surface area contributed by atoms with E-state index in [1.54, 1.807) is 0 Å². The second-order valence-electron chi connectivity index (χ2n) is 2.94. The van der Waals surface area contributed by atoms with Crippen molar-refractivity contribution in [3.63, 3.8) is 0 Å². The van der Waals surface area contributed by atoms with Gasteiger partial charge in [-0.1, -0.05) is 0 Å². The van der Waals surface area contributed by atoms with Crippen molar-refractivity contribution in [3.05, 3.63) is 0 Å². The number of carbonyl (C=O) groups is 1. The number of rotatable bonds is 1. The number of nitrogens with one attached hydrogen (secondary N) is 1. The van der Waals surface area contributed by atoms with Crippen LogP contribution in [0.1, 0.15) is 20.3 Å². The van der Waals surface area contributed by atoms with E-state index in [1.807, 2.05) is 13.8 Å². The highest BCUT2D eigenvalue weighted by molar-refractivity contribution is 5.85. The molecule has 3 unspecified atom stereocenters. The summed E-state index contributed by atoms with van der Waals surface area (Å²) >= 11 is 0. The molecule has 1 fully saturated rings. The molecule has 0 spiro atoms. The topological polar surface area (TPSA) is 58.6 Å². The van der Waals surface area contributed by atoms with E-state index >= 15 is 0 Å². The maximum absolute atomic E-state index is 10.2. The van der Waals surface area contributed by atoms with Crippen molar-refractivity contribution in [2.75, 3.05) is 0 Å². The fraction of sp³-hybridized carbons (Fsp3) is 0.857. The van der Waals surface area contributed by atoms with Crippen LogP contribution in [0.2, 0.25) is 0 Å². The van der Waals surface area contributed by atoms with Crippen molar-refractivity contribution < 1.29 is 14.6 Å². The van der Waals surface area contributed by atoms with Gasteiger partial charge in [0.05, 0.1) is 18.2 Å². The summed E-state index contributed by atoms with van der Waals surface area (Å²) < 4.78 is 5.35. The summed E-state index contributed by atoms with van der Waals surface area (Å²) in [5.41, 5.74) is 0. The van der Waals surface area contributed by atoms with Gasteiger partial charge in [-0.2, -0.15) is 0 Å². The van der Waals surface area contributed by atoms with Gasteiger partial charge < -0.3 is 15.2 Å². The van der Waals surface area contributed by atoms with Crippen molar-refractivity contribution >= 4 is 18.5 Å². The van der Waals surface area contributed by atoms with Crippen molar-refractivity contribution in [1.82, 2.24) is 5.32 Å². The normalized spacial score (nSPS) is 34.0. The number of hydrogen-bond acceptors (Lipinski definition) is 2. The molecule has 0 aromatic rings. The van der Waals surface area contributed by atoms with Gasteiger partial charge >= 0.3 is 6.09 Å². The number of hydrogen-bond donors (Lipinski definition) is 2. The van der Waals surface area contributed by atoms with E-state index in [1.165, 1.54) is 0 Å². The van der Waals surface area contributed by atoms with E-state index in [9.17, 15) is 4.79 Å². The number of amides is 1. The van der Waals surface area contributed by atoms with Gasteiger partial charge in [0.2, 0.25) is 0 Å². The minimum Gasteiger partial charge on any atom is -0.465 e. The van der Waals surface area contributed by atoms with Crippen LogP contribution in [0.4, 0.5) is 4.79 Å². The van der Waals surface area contributed by atoms with Gasteiger partial charge in [0.1, 0.15) is 0 Å². The molecule has 2 N–H and O–H groups in total. The van der Waals surface area contributed by atoms with Crippen LogP contribution < -0.4 is 5.32 Å². The monoisotopic (exact) mass is 195 g/mol. The molecule has 1 aliphatic heterocycles. The Morgan fingerprint density at radius 2 is 2.17 bits per heavy atom. The zero-order valence-electron chi connectivity index (χ0n) is 7.11. The zero-order valence-corrected chi connectivity index (χ0v) is 7.93. The maximum Gasteiger partial charge on any atom is 0.404 e. The lowest BCUT2D eigenvalue weighted by Gasteiger charge is -2.12. The van der Waals surface area contributed by atoms with Crippen LogP contribution in [0.15, 0.2) is 0 Å². The SMILES string of the molecule is CC1CC(NC(=O)O)C(C)O1.Cl. The molecule has 5 heteroatoms. The molecule has 0 aromatic heterocycles. The third kappa shape index (κ3) is 2.87. The van der Waals surface area contributed by atoms with E-state index in [0.29, 0.717) is 0 Å². The summed E-state index contributed by atoms with van der Waals surface area (Å²) in [6.45, 7) is 3.82. The highest BCUT2D eigenvalue weighted by Gasteiger charge is 2.30. The van der Waals surface area contributed by atoms with Gasteiger partial charge in [0, 0.05) is 0 Å². The smallest absolute Gasteiger partial charge is 0.404 e. The van der Waals surface area contributed by atoms with Gasteiger partial charge in [-0.05, 0) is 20.3 Å². The Bertz CT molecular complexity index is 165. The molecule has 0 aromatic carbocycles. The molecule has 0 saturated carbocycles. The van der Waals surface area contributed by atoms with E-state index in [-0.39, 0.29) is 30.7 Å². The summed E-state index contributed by atoms with van der Waals surface area (Å²) in [6, 6.07) is -0.0394. The maximum atomic E-state index is 10.2. The lowest BCUT2D eigenvalue weighted by molar-refractivity contribution is 0.0604. The molecule has 1 aliphatic rings. The van der Waals surface area contributed by atoms with Gasteiger partial charge in [-0.15, -0.1) is 12.4 Å². The van der Waals surface area contributed by atoms with Crippen LogP contribution in [0.3, 0.4) is 0 Å². The molecule has 0 aliphatic carbocycles. The molecule has 1 rings (SSSR count). The Kier molecular flexibility index (Phi) is 4.34. The predicted octanol–water partition coefficient (Wildman–Crippen LogP) is 1.24. The summed E-state index contributed by atoms with van der Waals surface area (Å²) in [6.07, 6.45) is -0.0319. The van der Waals surface area contributed by atoms with E-state index in [4.69, 9.17) is 9.84 Å². The standard InChI is InChI=1S/C7H13NO3.ClH/c1-4-3-6(5(2)11-4)8-7(9)10;/h4-6,8H,3H2,1-2H3,(H,9,10);1H. The van der Waals surface area contributed by atoms with Crippen LogP contribution >= 0.6 is 12.4 Å². The van der Waals surface area contributed by atoms with Crippen LogP contribution in [0, 0.1) is 0 Å². The first-order chi connectivity index (χ1) is 5.09. The summed E-state index contributed by atoms with van der Waals surface area (Å²) in [5, 5.41) is 10.8. The average molecular weight is 196 g/mol. The molecule has 1 amide bonds.